The lowest BCUT2D eigenvalue weighted by Gasteiger charge is -2.22. The molecule has 0 amide bonds. The van der Waals surface area contributed by atoms with Gasteiger partial charge in [0.2, 0.25) is 0 Å². The smallest absolute Gasteiger partial charge is 0.160 e. The Morgan fingerprint density at radius 2 is 1.19 bits per heavy atom. The molecule has 9 aromatic rings. The normalized spacial score (nSPS) is 12.8. The lowest BCUT2D eigenvalue weighted by Crippen LogP contribution is -2.15. The number of benzene rings is 7. The van der Waals surface area contributed by atoms with Gasteiger partial charge in [0.15, 0.2) is 5.82 Å². The summed E-state index contributed by atoms with van der Waals surface area (Å²) in [5, 5.41) is 12.4. The molecule has 0 unspecified atom stereocenters. The van der Waals surface area contributed by atoms with Crippen molar-refractivity contribution in [3.05, 3.63) is 187 Å². The highest BCUT2D eigenvalue weighted by molar-refractivity contribution is 6.14. The number of fused-ring (bicyclic) bond motifs is 7. The van der Waals surface area contributed by atoms with Gasteiger partial charge >= 0.3 is 0 Å². The van der Waals surface area contributed by atoms with Crippen LogP contribution in [0.1, 0.15) is 30.5 Å². The molecule has 54 heavy (non-hydrogen) atoms. The van der Waals surface area contributed by atoms with Crippen LogP contribution in [0.5, 0.6) is 0 Å². The number of para-hydroxylation sites is 1. The summed E-state index contributed by atoms with van der Waals surface area (Å²) in [6.07, 6.45) is 0. The average molecular weight is 691 g/mol. The van der Waals surface area contributed by atoms with E-state index in [9.17, 15) is 5.26 Å². The van der Waals surface area contributed by atoms with Crippen molar-refractivity contribution in [3.63, 3.8) is 0 Å². The zero-order chi connectivity index (χ0) is 36.4. The molecule has 4 nitrogen and oxygen atoms in total. The molecular formula is C50H34N4. The van der Waals surface area contributed by atoms with Crippen molar-refractivity contribution in [2.45, 2.75) is 19.3 Å². The Bertz CT molecular complexity index is 2910. The predicted octanol–water partition coefficient (Wildman–Crippen LogP) is 12.4. The quantitative estimate of drug-likeness (QED) is 0.181. The van der Waals surface area contributed by atoms with Gasteiger partial charge in [-0.3, -0.25) is 0 Å². The van der Waals surface area contributed by atoms with Crippen LogP contribution in [0, 0.1) is 11.3 Å². The van der Waals surface area contributed by atoms with Crippen LogP contribution in [-0.4, -0.2) is 14.5 Å². The number of aromatic nitrogens is 3. The molecule has 4 heteroatoms. The Balaban J connectivity index is 1.27. The first-order valence-electron chi connectivity index (χ1n) is 18.3. The summed E-state index contributed by atoms with van der Waals surface area (Å²) >= 11 is 0. The SMILES string of the molecule is CC1(C)c2ccccc2-c2ccc3c(c21)c1ccccc1n3-c1cc(-c2cccc(C#N)c2)cc(-c2cc(-c3ccccc3)nc(-c3ccccc3)n2)c1. The van der Waals surface area contributed by atoms with Crippen molar-refractivity contribution < 1.29 is 0 Å². The predicted molar refractivity (Wildman–Crippen MR) is 220 cm³/mol. The van der Waals surface area contributed by atoms with Crippen LogP contribution in [0.4, 0.5) is 0 Å². The van der Waals surface area contributed by atoms with Gasteiger partial charge in [-0.05, 0) is 81.9 Å². The molecule has 0 bridgehead atoms. The minimum absolute atomic E-state index is 0.173. The Morgan fingerprint density at radius 1 is 0.519 bits per heavy atom. The third-order valence-corrected chi connectivity index (χ3v) is 11.0. The molecule has 0 saturated carbocycles. The van der Waals surface area contributed by atoms with E-state index >= 15 is 0 Å². The maximum Gasteiger partial charge on any atom is 0.160 e. The molecule has 1 aliphatic rings. The summed E-state index contributed by atoms with van der Waals surface area (Å²) in [5.74, 6) is 0.666. The lowest BCUT2D eigenvalue weighted by molar-refractivity contribution is 0.666. The summed E-state index contributed by atoms with van der Waals surface area (Å²) in [6.45, 7) is 4.71. The summed E-state index contributed by atoms with van der Waals surface area (Å²) in [5.41, 5.74) is 15.7. The second kappa shape index (κ2) is 12.3. The number of rotatable bonds is 5. The van der Waals surface area contributed by atoms with Crippen LogP contribution < -0.4 is 0 Å². The van der Waals surface area contributed by atoms with E-state index in [4.69, 9.17) is 9.97 Å². The monoisotopic (exact) mass is 690 g/mol. The molecular weight excluding hydrogens is 657 g/mol. The van der Waals surface area contributed by atoms with E-state index in [1.807, 2.05) is 54.6 Å². The first-order valence-corrected chi connectivity index (χ1v) is 18.3. The number of nitriles is 1. The second-order valence-electron chi connectivity index (χ2n) is 14.6. The van der Waals surface area contributed by atoms with Gasteiger partial charge < -0.3 is 4.57 Å². The maximum atomic E-state index is 9.87. The molecule has 254 valence electrons. The first-order chi connectivity index (χ1) is 26.5. The van der Waals surface area contributed by atoms with Gasteiger partial charge in [-0.25, -0.2) is 9.97 Å². The van der Waals surface area contributed by atoms with E-state index < -0.39 is 0 Å². The van der Waals surface area contributed by atoms with Gasteiger partial charge in [-0.15, -0.1) is 0 Å². The minimum atomic E-state index is -0.173. The van der Waals surface area contributed by atoms with Crippen molar-refractivity contribution in [1.82, 2.24) is 14.5 Å². The molecule has 0 saturated heterocycles. The topological polar surface area (TPSA) is 54.5 Å². The molecule has 0 atom stereocenters. The molecule has 0 N–H and O–H groups in total. The molecule has 1 aliphatic carbocycles. The van der Waals surface area contributed by atoms with E-state index in [2.05, 4.69) is 140 Å². The van der Waals surface area contributed by atoms with Crippen molar-refractivity contribution in [2.24, 2.45) is 0 Å². The fraction of sp³-hybridized carbons (Fsp3) is 0.0600. The Kier molecular flexibility index (Phi) is 7.18. The third-order valence-electron chi connectivity index (χ3n) is 11.0. The van der Waals surface area contributed by atoms with Gasteiger partial charge in [-0.1, -0.05) is 135 Å². The largest absolute Gasteiger partial charge is 0.309 e. The van der Waals surface area contributed by atoms with Gasteiger partial charge in [0.25, 0.3) is 0 Å². The standard InChI is InChI=1S/C50H34N4/c1-50(2)42-22-11-9-20-39(42)40-24-25-46-47(48(40)50)41-21-10-12-23-45(41)54(46)38-28-36(35-19-13-14-32(26-35)31-51)27-37(29-38)44-30-43(33-15-5-3-6-16-33)52-49(53-44)34-17-7-4-8-18-34/h3-30H,1-2H3. The highest BCUT2D eigenvalue weighted by Crippen LogP contribution is 2.53. The van der Waals surface area contributed by atoms with E-state index in [0.29, 0.717) is 11.4 Å². The fourth-order valence-corrected chi connectivity index (χ4v) is 8.50. The third kappa shape index (κ3) is 4.98. The van der Waals surface area contributed by atoms with Crippen molar-refractivity contribution in [3.8, 4) is 67.9 Å². The molecule has 0 fully saturated rings. The van der Waals surface area contributed by atoms with E-state index in [1.165, 1.54) is 33.0 Å². The second-order valence-corrected chi connectivity index (χ2v) is 14.6. The number of nitrogens with zero attached hydrogens (tertiary/aromatic N) is 4. The Hall–Kier alpha value is -7.09. The van der Waals surface area contributed by atoms with Crippen LogP contribution in [0.2, 0.25) is 0 Å². The Labute approximate surface area is 314 Å². The first kappa shape index (κ1) is 31.6. The van der Waals surface area contributed by atoms with Crippen LogP contribution in [0.3, 0.4) is 0 Å². The average Bonchev–Trinajstić information content (AvgIpc) is 3.69. The number of hydrogen-bond acceptors (Lipinski definition) is 3. The molecule has 10 rings (SSSR count). The van der Waals surface area contributed by atoms with Gasteiger partial charge in [-0.2, -0.15) is 5.26 Å². The van der Waals surface area contributed by atoms with Crippen molar-refractivity contribution in [2.75, 3.05) is 0 Å². The summed E-state index contributed by atoms with van der Waals surface area (Å²) < 4.78 is 2.41. The van der Waals surface area contributed by atoms with Crippen molar-refractivity contribution >= 4 is 21.8 Å². The molecule has 2 heterocycles. The zero-order valence-electron chi connectivity index (χ0n) is 30.0. The molecule has 0 radical (unpaired) electrons. The molecule has 0 aliphatic heterocycles. The highest BCUT2D eigenvalue weighted by atomic mass is 15.0. The van der Waals surface area contributed by atoms with Gasteiger partial charge in [0.1, 0.15) is 0 Å². The van der Waals surface area contributed by atoms with Crippen LogP contribution in [0.15, 0.2) is 170 Å². The van der Waals surface area contributed by atoms with E-state index in [0.717, 1.165) is 55.9 Å². The van der Waals surface area contributed by atoms with Crippen LogP contribution in [-0.2, 0) is 5.41 Å². The zero-order valence-corrected chi connectivity index (χ0v) is 30.0. The number of hydrogen-bond donors (Lipinski definition) is 0. The van der Waals surface area contributed by atoms with Gasteiger partial charge in [0.05, 0.1) is 34.1 Å². The van der Waals surface area contributed by atoms with Crippen LogP contribution in [0.25, 0.3) is 83.6 Å². The summed E-state index contributed by atoms with van der Waals surface area (Å²) in [7, 11) is 0. The molecule has 0 spiro atoms. The minimum Gasteiger partial charge on any atom is -0.309 e. The molecule has 2 aromatic heterocycles. The van der Waals surface area contributed by atoms with Crippen molar-refractivity contribution in [1.29, 1.82) is 5.26 Å². The lowest BCUT2D eigenvalue weighted by atomic mass is 9.80. The van der Waals surface area contributed by atoms with E-state index in [-0.39, 0.29) is 5.41 Å². The maximum absolute atomic E-state index is 9.87. The fourth-order valence-electron chi connectivity index (χ4n) is 8.50. The Morgan fingerprint density at radius 3 is 1.98 bits per heavy atom. The summed E-state index contributed by atoms with van der Waals surface area (Å²) in [4.78, 5) is 10.3. The van der Waals surface area contributed by atoms with Gasteiger partial charge in [0, 0.05) is 38.6 Å². The van der Waals surface area contributed by atoms with E-state index in [1.54, 1.807) is 0 Å². The molecule has 7 aromatic carbocycles. The summed E-state index contributed by atoms with van der Waals surface area (Å²) in [6, 6.07) is 61.6. The highest BCUT2D eigenvalue weighted by Gasteiger charge is 2.38. The van der Waals surface area contributed by atoms with Crippen LogP contribution >= 0.6 is 0 Å².